The summed E-state index contributed by atoms with van der Waals surface area (Å²) in [6.07, 6.45) is 7.18. The first-order valence-electron chi connectivity index (χ1n) is 17.8. The van der Waals surface area contributed by atoms with E-state index in [1.54, 1.807) is 5.51 Å². The molecule has 12 nitrogen and oxygen atoms in total. The molecule has 2 aliphatic rings. The number of sulfonamides is 1. The standard InChI is InChI=1S/C35H56N8O4S2/c1-25(2)18-30(36)33(41-37)31(20-27-12-8-5-9-13-27)39-35(45)32(21-29-22-48-24-38-29)40-34(44)28(19-26-10-6-4-7-11-26)23-49(46,47)43-16-14-42(3)15-17-43/h4,6-7,10-11,22,24-25,27-28,30-33,41H,5,8-9,12-21,23,36H2,1-3H3,(H,39,45)(H,40,44)/t28-,30+,31+,32+,33+/m1/s1. The maximum absolute atomic E-state index is 14.2. The van der Waals surface area contributed by atoms with Gasteiger partial charge in [-0.25, -0.2) is 13.4 Å². The third-order valence-corrected chi connectivity index (χ3v) is 12.5. The minimum atomic E-state index is -3.76. The summed E-state index contributed by atoms with van der Waals surface area (Å²) in [4.78, 5) is 34.8. The predicted molar refractivity (Wildman–Crippen MR) is 193 cm³/mol. The van der Waals surface area contributed by atoms with Gasteiger partial charge in [0.25, 0.3) is 0 Å². The van der Waals surface area contributed by atoms with Crippen molar-refractivity contribution >= 4 is 33.2 Å². The van der Waals surface area contributed by atoms with E-state index in [0.717, 1.165) is 31.2 Å². The Labute approximate surface area is 296 Å². The van der Waals surface area contributed by atoms with E-state index in [-0.39, 0.29) is 24.5 Å². The van der Waals surface area contributed by atoms with E-state index < -0.39 is 51.9 Å². The fourth-order valence-electron chi connectivity index (χ4n) is 7.13. The molecule has 0 radical (unpaired) electrons. The first-order valence-corrected chi connectivity index (χ1v) is 20.3. The Bertz CT molecular complexity index is 1410. The molecule has 2 heterocycles. The van der Waals surface area contributed by atoms with E-state index in [0.29, 0.717) is 50.6 Å². The summed E-state index contributed by atoms with van der Waals surface area (Å²) in [6, 6.07) is 6.83. The zero-order chi connectivity index (χ0) is 35.4. The summed E-state index contributed by atoms with van der Waals surface area (Å²) < 4.78 is 28.8. The van der Waals surface area contributed by atoms with E-state index in [9.17, 15) is 23.5 Å². The van der Waals surface area contributed by atoms with Crippen molar-refractivity contribution in [3.8, 4) is 0 Å². The van der Waals surface area contributed by atoms with Crippen LogP contribution in [-0.2, 0) is 32.5 Å². The minimum Gasteiger partial charge on any atom is -0.508 e. The number of nitrogens with zero attached hydrogens (tertiary/aromatic N) is 4. The Balaban J connectivity index is 1.58. The van der Waals surface area contributed by atoms with E-state index >= 15 is 0 Å². The number of amides is 2. The lowest BCUT2D eigenvalue weighted by Gasteiger charge is -2.33. The summed E-state index contributed by atoms with van der Waals surface area (Å²) in [5.41, 5.74) is 20.1. The van der Waals surface area contributed by atoms with Crippen LogP contribution in [-0.4, -0.2) is 97.6 Å². The normalized spacial score (nSPS) is 19.9. The lowest BCUT2D eigenvalue weighted by Crippen LogP contribution is -2.83. The maximum Gasteiger partial charge on any atom is 0.243 e. The van der Waals surface area contributed by atoms with Crippen molar-refractivity contribution in [2.75, 3.05) is 39.0 Å². The molecule has 5 N–H and O–H groups in total. The van der Waals surface area contributed by atoms with Crippen LogP contribution in [0.4, 0.5) is 0 Å². The van der Waals surface area contributed by atoms with E-state index in [4.69, 9.17) is 5.73 Å². The third-order valence-electron chi connectivity index (χ3n) is 9.92. The molecule has 1 saturated carbocycles. The Hall–Kier alpha value is -2.78. The van der Waals surface area contributed by atoms with Crippen molar-refractivity contribution in [3.05, 3.63) is 58.0 Å². The molecule has 2 fully saturated rings. The number of rotatable bonds is 18. The molecule has 0 unspecified atom stereocenters. The molecule has 1 saturated heterocycles. The largest absolute Gasteiger partial charge is 0.508 e. The second-order valence-electron chi connectivity index (χ2n) is 14.4. The molecular formula is C35H56N8O4S2. The average molecular weight is 717 g/mol. The second-order valence-corrected chi connectivity index (χ2v) is 17.1. The number of likely N-dealkylation sites (N-methyl/N-ethyl adjacent to an activating group) is 1. The number of aromatic nitrogens is 1. The number of hydrogen-bond acceptors (Lipinski definition) is 8. The highest BCUT2D eigenvalue weighted by Crippen LogP contribution is 2.28. The number of carbonyl (C=O) groups is 2. The number of piperazine rings is 1. The molecule has 272 valence electrons. The van der Waals surface area contributed by atoms with Crippen molar-refractivity contribution < 1.29 is 23.1 Å². The monoisotopic (exact) mass is 716 g/mol. The fourth-order valence-corrected chi connectivity index (χ4v) is 9.41. The first kappa shape index (κ1) is 39.0. The zero-order valence-corrected chi connectivity index (χ0v) is 30.9. The zero-order valence-electron chi connectivity index (χ0n) is 29.3. The van der Waals surface area contributed by atoms with Crippen LogP contribution in [0.25, 0.3) is 5.53 Å². The number of benzene rings is 1. The van der Waals surface area contributed by atoms with Gasteiger partial charge in [-0.1, -0.05) is 76.3 Å². The Morgan fingerprint density at radius 3 is 2.35 bits per heavy atom. The van der Waals surface area contributed by atoms with Crippen molar-refractivity contribution in [2.24, 2.45) is 23.5 Å². The second kappa shape index (κ2) is 19.0. The highest BCUT2D eigenvalue weighted by molar-refractivity contribution is 7.89. The van der Waals surface area contributed by atoms with Crippen molar-refractivity contribution in [3.63, 3.8) is 0 Å². The van der Waals surface area contributed by atoms with Crippen molar-refractivity contribution in [1.82, 2.24) is 24.8 Å². The number of nitrogens with one attached hydrogen (secondary N) is 3. The van der Waals surface area contributed by atoms with Gasteiger partial charge in [0.15, 0.2) is 6.04 Å². The molecule has 49 heavy (non-hydrogen) atoms. The highest BCUT2D eigenvalue weighted by Gasteiger charge is 2.37. The molecule has 14 heteroatoms. The number of hydrogen-bond donors (Lipinski definition) is 4. The summed E-state index contributed by atoms with van der Waals surface area (Å²) >= 11 is 1.40. The summed E-state index contributed by atoms with van der Waals surface area (Å²) in [5, 5.41) is 10.4. The molecule has 1 aromatic heterocycles. The van der Waals surface area contributed by atoms with Gasteiger partial charge in [0.05, 0.1) is 35.0 Å². The molecule has 0 spiro atoms. The quantitative estimate of drug-likeness (QED) is 0.171. The van der Waals surface area contributed by atoms with Crippen LogP contribution in [0.5, 0.6) is 0 Å². The van der Waals surface area contributed by atoms with E-state index in [1.807, 2.05) is 42.8 Å². The highest BCUT2D eigenvalue weighted by atomic mass is 32.2. The SMILES string of the molecule is CC(C)C[C@H](N)[C@H]([NH+]=[N-])[C@H](CC1CCCCC1)NC(=O)[C@H](Cc1cscn1)NC(=O)[C@H](Cc1ccccc1)CS(=O)(=O)N1CCN(C)CC1. The first-order chi connectivity index (χ1) is 23.4. The van der Waals surface area contributed by atoms with Crippen molar-refractivity contribution in [2.45, 2.75) is 95.8 Å². The predicted octanol–water partition coefficient (Wildman–Crippen LogP) is 1.91. The smallest absolute Gasteiger partial charge is 0.243 e. The van der Waals surface area contributed by atoms with Crippen LogP contribution < -0.4 is 21.5 Å². The van der Waals surface area contributed by atoms with Gasteiger partial charge in [-0.2, -0.15) is 4.31 Å². The van der Waals surface area contributed by atoms with Crippen LogP contribution in [0.3, 0.4) is 0 Å². The molecule has 1 aliphatic heterocycles. The van der Waals surface area contributed by atoms with Gasteiger partial charge in [-0.3, -0.25) is 9.59 Å². The maximum atomic E-state index is 14.2. The van der Waals surface area contributed by atoms with Gasteiger partial charge in [0, 0.05) is 38.0 Å². The molecule has 2 aromatic rings. The molecule has 2 amide bonds. The van der Waals surface area contributed by atoms with E-state index in [1.165, 1.54) is 22.1 Å². The van der Waals surface area contributed by atoms with Gasteiger partial charge in [0.2, 0.25) is 21.8 Å². The van der Waals surface area contributed by atoms with Gasteiger partial charge in [0.1, 0.15) is 6.04 Å². The molecule has 5 atom stereocenters. The van der Waals surface area contributed by atoms with Gasteiger partial charge in [-0.15, -0.1) is 11.3 Å². The molecule has 1 aliphatic carbocycles. The van der Waals surface area contributed by atoms with Gasteiger partial charge in [-0.05, 0) is 43.7 Å². The van der Waals surface area contributed by atoms with Crippen LogP contribution in [0, 0.1) is 17.8 Å². The topological polar surface area (TPSA) is 174 Å². The van der Waals surface area contributed by atoms with Crippen LogP contribution in [0.1, 0.15) is 70.1 Å². The van der Waals surface area contributed by atoms with Crippen LogP contribution in [0.2, 0.25) is 0 Å². The average Bonchev–Trinajstić information content (AvgIpc) is 3.58. The number of thiazole rings is 1. The Kier molecular flexibility index (Phi) is 15.1. The lowest BCUT2D eigenvalue weighted by molar-refractivity contribution is -0.534. The summed E-state index contributed by atoms with van der Waals surface area (Å²) in [6.45, 7) is 6.12. The molecule has 0 bridgehead atoms. The summed E-state index contributed by atoms with van der Waals surface area (Å²) in [5.74, 6) is -1.55. The number of nitrogens with two attached hydrogens (primary N) is 1. The number of carbonyl (C=O) groups excluding carboxylic acids is 2. The van der Waals surface area contributed by atoms with Gasteiger partial charge >= 0.3 is 0 Å². The molecular weight excluding hydrogens is 661 g/mol. The van der Waals surface area contributed by atoms with Crippen LogP contribution >= 0.6 is 11.3 Å². The molecule has 1 aromatic carbocycles. The Morgan fingerprint density at radius 2 is 1.73 bits per heavy atom. The minimum absolute atomic E-state index is 0.135. The Morgan fingerprint density at radius 1 is 1.04 bits per heavy atom. The van der Waals surface area contributed by atoms with Crippen molar-refractivity contribution in [1.29, 1.82) is 0 Å². The fraction of sp³-hybridized carbons (Fsp3) is 0.686. The van der Waals surface area contributed by atoms with E-state index in [2.05, 4.69) is 39.5 Å². The van der Waals surface area contributed by atoms with Crippen LogP contribution in [0.15, 0.2) is 41.2 Å². The molecule has 4 rings (SSSR count). The lowest BCUT2D eigenvalue weighted by atomic mass is 9.81. The summed E-state index contributed by atoms with van der Waals surface area (Å²) in [7, 11) is -1.80. The third kappa shape index (κ3) is 12.2. The van der Waals surface area contributed by atoms with Gasteiger partial charge < -0.3 is 31.9 Å².